The van der Waals surface area contributed by atoms with E-state index in [1.807, 2.05) is 12.1 Å². The molecule has 0 fully saturated rings. The third kappa shape index (κ3) is 2.48. The Hall–Kier alpha value is -1.96. The molecule has 0 unspecified atom stereocenters. The SMILES string of the molecule is C=CC1=C(N(CC)c2ccccc2)CNC(C)=C1. The third-order valence-electron chi connectivity index (χ3n) is 3.17. The molecule has 2 nitrogen and oxygen atoms in total. The lowest BCUT2D eigenvalue weighted by atomic mass is 10.1. The number of hydrogen-bond acceptors (Lipinski definition) is 2. The van der Waals surface area contributed by atoms with Crippen molar-refractivity contribution in [1.29, 1.82) is 0 Å². The normalized spacial score (nSPS) is 14.9. The van der Waals surface area contributed by atoms with Crippen molar-refractivity contribution >= 4 is 5.69 Å². The largest absolute Gasteiger partial charge is 0.383 e. The Morgan fingerprint density at radius 3 is 2.67 bits per heavy atom. The van der Waals surface area contributed by atoms with E-state index in [1.165, 1.54) is 22.7 Å². The molecule has 0 spiro atoms. The van der Waals surface area contributed by atoms with Crippen molar-refractivity contribution in [3.63, 3.8) is 0 Å². The highest BCUT2D eigenvalue weighted by Crippen LogP contribution is 2.24. The van der Waals surface area contributed by atoms with E-state index in [2.05, 4.69) is 61.0 Å². The summed E-state index contributed by atoms with van der Waals surface area (Å²) in [5.74, 6) is 0. The van der Waals surface area contributed by atoms with Gasteiger partial charge in [0.05, 0.1) is 6.54 Å². The fraction of sp³-hybridized carbons (Fsp3) is 0.250. The lowest BCUT2D eigenvalue weighted by molar-refractivity contribution is 0.791. The van der Waals surface area contributed by atoms with Crippen molar-refractivity contribution in [2.75, 3.05) is 18.0 Å². The second kappa shape index (κ2) is 5.58. The van der Waals surface area contributed by atoms with Gasteiger partial charge in [0.2, 0.25) is 0 Å². The van der Waals surface area contributed by atoms with Crippen LogP contribution in [0.4, 0.5) is 5.69 Å². The molecular weight excluding hydrogens is 220 g/mol. The maximum absolute atomic E-state index is 3.92. The van der Waals surface area contributed by atoms with Gasteiger partial charge in [-0.1, -0.05) is 30.9 Å². The van der Waals surface area contributed by atoms with E-state index in [-0.39, 0.29) is 0 Å². The first-order chi connectivity index (χ1) is 8.76. The Morgan fingerprint density at radius 1 is 1.33 bits per heavy atom. The highest BCUT2D eigenvalue weighted by atomic mass is 15.2. The Labute approximate surface area is 109 Å². The highest BCUT2D eigenvalue weighted by Gasteiger charge is 2.15. The summed E-state index contributed by atoms with van der Waals surface area (Å²) in [6, 6.07) is 10.5. The van der Waals surface area contributed by atoms with Crippen LogP contribution in [0.15, 0.2) is 66.0 Å². The van der Waals surface area contributed by atoms with Crippen LogP contribution in [0.3, 0.4) is 0 Å². The minimum atomic E-state index is 0.854. The number of benzene rings is 1. The first kappa shape index (κ1) is 12.5. The van der Waals surface area contributed by atoms with Gasteiger partial charge in [-0.15, -0.1) is 0 Å². The Morgan fingerprint density at radius 2 is 2.06 bits per heavy atom. The second-order valence-electron chi connectivity index (χ2n) is 4.37. The predicted molar refractivity (Wildman–Crippen MR) is 78.4 cm³/mol. The number of anilines is 1. The standard InChI is InChI=1S/C16H20N2/c1-4-14-11-13(3)17-12-16(14)18(5-2)15-9-7-6-8-10-15/h4,6-11,17H,1,5,12H2,2-3H3. The van der Waals surface area contributed by atoms with Crippen molar-refractivity contribution < 1.29 is 0 Å². The van der Waals surface area contributed by atoms with E-state index in [0.29, 0.717) is 0 Å². The molecule has 0 amide bonds. The Balaban J connectivity index is 2.41. The number of allylic oxidation sites excluding steroid dienone is 4. The molecule has 94 valence electrons. The molecule has 2 rings (SSSR count). The van der Waals surface area contributed by atoms with E-state index < -0.39 is 0 Å². The number of para-hydroxylation sites is 1. The lowest BCUT2D eigenvalue weighted by Gasteiger charge is -2.30. The van der Waals surface area contributed by atoms with Crippen LogP contribution >= 0.6 is 0 Å². The maximum Gasteiger partial charge on any atom is 0.0556 e. The number of dihydropyridines is 1. The summed E-state index contributed by atoms with van der Waals surface area (Å²) in [7, 11) is 0. The first-order valence-electron chi connectivity index (χ1n) is 6.36. The van der Waals surface area contributed by atoms with Crippen LogP contribution in [0.1, 0.15) is 13.8 Å². The quantitative estimate of drug-likeness (QED) is 0.867. The van der Waals surface area contributed by atoms with Crippen LogP contribution < -0.4 is 10.2 Å². The van der Waals surface area contributed by atoms with Gasteiger partial charge in [-0.25, -0.2) is 0 Å². The fourth-order valence-electron chi connectivity index (χ4n) is 2.26. The molecule has 0 aliphatic carbocycles. The number of rotatable bonds is 4. The van der Waals surface area contributed by atoms with Gasteiger partial charge in [0.25, 0.3) is 0 Å². The maximum atomic E-state index is 3.92. The van der Waals surface area contributed by atoms with Crippen molar-refractivity contribution in [3.8, 4) is 0 Å². The third-order valence-corrected chi connectivity index (χ3v) is 3.17. The predicted octanol–water partition coefficient (Wildman–Crippen LogP) is 3.46. The van der Waals surface area contributed by atoms with Crippen molar-refractivity contribution in [1.82, 2.24) is 5.32 Å². The molecule has 18 heavy (non-hydrogen) atoms. The number of nitrogens with zero attached hydrogens (tertiary/aromatic N) is 1. The zero-order valence-corrected chi connectivity index (χ0v) is 11.1. The zero-order chi connectivity index (χ0) is 13.0. The van der Waals surface area contributed by atoms with Crippen molar-refractivity contribution in [3.05, 3.63) is 66.0 Å². The van der Waals surface area contributed by atoms with E-state index in [4.69, 9.17) is 0 Å². The monoisotopic (exact) mass is 240 g/mol. The molecule has 0 aromatic heterocycles. The number of likely N-dealkylation sites (N-methyl/N-ethyl adjacent to an activating group) is 1. The van der Waals surface area contributed by atoms with Gasteiger partial charge in [-0.2, -0.15) is 0 Å². The molecule has 0 bridgehead atoms. The minimum absolute atomic E-state index is 0.854. The second-order valence-corrected chi connectivity index (χ2v) is 4.37. The van der Waals surface area contributed by atoms with Crippen LogP contribution in [-0.4, -0.2) is 13.1 Å². The fourth-order valence-corrected chi connectivity index (χ4v) is 2.26. The van der Waals surface area contributed by atoms with Gasteiger partial charge in [0, 0.05) is 23.6 Å². The molecular formula is C16H20N2. The van der Waals surface area contributed by atoms with Gasteiger partial charge in [-0.05, 0) is 37.6 Å². The summed E-state index contributed by atoms with van der Waals surface area (Å²) in [6.45, 7) is 9.98. The molecule has 2 heteroatoms. The van der Waals surface area contributed by atoms with Crippen LogP contribution in [0.5, 0.6) is 0 Å². The Bertz CT molecular complexity index is 483. The van der Waals surface area contributed by atoms with Crippen LogP contribution in [0.2, 0.25) is 0 Å². The van der Waals surface area contributed by atoms with E-state index in [1.54, 1.807) is 0 Å². The van der Waals surface area contributed by atoms with E-state index in [9.17, 15) is 0 Å². The summed E-state index contributed by atoms with van der Waals surface area (Å²) in [5, 5.41) is 3.39. The molecule has 0 atom stereocenters. The molecule has 1 aromatic carbocycles. The molecule has 0 saturated carbocycles. The van der Waals surface area contributed by atoms with Crippen LogP contribution in [0, 0.1) is 0 Å². The smallest absolute Gasteiger partial charge is 0.0556 e. The molecule has 1 aliphatic heterocycles. The minimum Gasteiger partial charge on any atom is -0.383 e. The summed E-state index contributed by atoms with van der Waals surface area (Å²) in [4.78, 5) is 2.33. The summed E-state index contributed by atoms with van der Waals surface area (Å²) < 4.78 is 0. The molecule has 1 aromatic rings. The van der Waals surface area contributed by atoms with Gasteiger partial charge < -0.3 is 10.2 Å². The topological polar surface area (TPSA) is 15.3 Å². The number of nitrogens with one attached hydrogen (secondary N) is 1. The average Bonchev–Trinajstić information content (AvgIpc) is 2.42. The van der Waals surface area contributed by atoms with Gasteiger partial charge in [0.15, 0.2) is 0 Å². The highest BCUT2D eigenvalue weighted by molar-refractivity contribution is 5.56. The van der Waals surface area contributed by atoms with E-state index in [0.717, 1.165) is 13.1 Å². The van der Waals surface area contributed by atoms with Crippen molar-refractivity contribution in [2.45, 2.75) is 13.8 Å². The van der Waals surface area contributed by atoms with E-state index >= 15 is 0 Å². The van der Waals surface area contributed by atoms with Crippen molar-refractivity contribution in [2.24, 2.45) is 0 Å². The van der Waals surface area contributed by atoms with Gasteiger partial charge >= 0.3 is 0 Å². The Kier molecular flexibility index (Phi) is 3.88. The summed E-state index contributed by atoms with van der Waals surface area (Å²) in [5.41, 5.74) is 4.91. The molecule has 0 radical (unpaired) electrons. The zero-order valence-electron chi connectivity index (χ0n) is 11.1. The summed E-state index contributed by atoms with van der Waals surface area (Å²) in [6.07, 6.45) is 4.09. The molecule has 1 heterocycles. The first-order valence-corrected chi connectivity index (χ1v) is 6.36. The average molecular weight is 240 g/mol. The van der Waals surface area contributed by atoms with Crippen LogP contribution in [0.25, 0.3) is 0 Å². The lowest BCUT2D eigenvalue weighted by Crippen LogP contribution is -2.32. The van der Waals surface area contributed by atoms with Crippen LogP contribution in [-0.2, 0) is 0 Å². The van der Waals surface area contributed by atoms with Gasteiger partial charge in [-0.3, -0.25) is 0 Å². The van der Waals surface area contributed by atoms with Gasteiger partial charge in [0.1, 0.15) is 0 Å². The molecule has 1 N–H and O–H groups in total. The number of hydrogen-bond donors (Lipinski definition) is 1. The molecule has 0 saturated heterocycles. The molecule has 1 aliphatic rings. The summed E-state index contributed by atoms with van der Waals surface area (Å²) >= 11 is 0.